The van der Waals surface area contributed by atoms with Crippen molar-refractivity contribution < 1.29 is 33.8 Å². The van der Waals surface area contributed by atoms with E-state index in [0.29, 0.717) is 17.3 Å². The van der Waals surface area contributed by atoms with Crippen LogP contribution < -0.4 is 0 Å². The van der Waals surface area contributed by atoms with Crippen LogP contribution in [0.5, 0.6) is 0 Å². The van der Waals surface area contributed by atoms with E-state index in [1.165, 1.54) is 77.0 Å². The molecule has 0 heterocycles. The third-order valence-electron chi connectivity index (χ3n) is 6.49. The van der Waals surface area contributed by atoms with Crippen LogP contribution in [0.2, 0.25) is 0 Å². The predicted octanol–water partition coefficient (Wildman–Crippen LogP) is 5.72. The number of carboxylic acid groups (broad SMARTS) is 1. The Hall–Kier alpha value is -1.18. The van der Waals surface area contributed by atoms with Gasteiger partial charge in [-0.3, -0.25) is 4.79 Å². The molecule has 1 unspecified atom stereocenters. The summed E-state index contributed by atoms with van der Waals surface area (Å²) >= 11 is 0. The summed E-state index contributed by atoms with van der Waals surface area (Å²) in [4.78, 5) is 23.2. The van der Waals surface area contributed by atoms with Crippen LogP contribution in [0.25, 0.3) is 0 Å². The molecule has 0 radical (unpaired) electrons. The zero-order chi connectivity index (χ0) is 26.4. The number of aliphatic carboxylic acids is 1. The van der Waals surface area contributed by atoms with Crippen molar-refractivity contribution in [2.24, 2.45) is 0 Å². The van der Waals surface area contributed by atoms with Crippen LogP contribution in [0.1, 0.15) is 116 Å². The number of nitrogens with zero attached hydrogens (tertiary/aromatic N) is 1. The molecule has 7 heteroatoms. The molecular formula is C28H56NO6+. The second-order valence-electron chi connectivity index (χ2n) is 10.9. The molecule has 0 aliphatic heterocycles. The number of aliphatic hydroxyl groups excluding tert-OH is 1. The van der Waals surface area contributed by atoms with Crippen LogP contribution in [0, 0.1) is 0 Å². The molecule has 2 atom stereocenters. The lowest BCUT2D eigenvalue weighted by Crippen LogP contribution is -2.50. The average Bonchev–Trinajstić information content (AvgIpc) is 2.79. The third-order valence-corrected chi connectivity index (χ3v) is 6.49. The Balaban J connectivity index is 3.50. The number of unbranched alkanes of at least 4 members (excludes halogenated alkanes) is 14. The maximum absolute atomic E-state index is 11.8. The number of aliphatic hydroxyl groups is 1. The van der Waals surface area contributed by atoms with Gasteiger partial charge in [0.1, 0.15) is 12.7 Å². The van der Waals surface area contributed by atoms with E-state index in [-0.39, 0.29) is 25.8 Å². The Labute approximate surface area is 215 Å². The van der Waals surface area contributed by atoms with Gasteiger partial charge in [0.2, 0.25) is 0 Å². The molecule has 7 nitrogen and oxygen atoms in total. The van der Waals surface area contributed by atoms with Crippen molar-refractivity contribution in [2.45, 2.75) is 128 Å². The summed E-state index contributed by atoms with van der Waals surface area (Å²) in [5.74, 6) is -1.15. The van der Waals surface area contributed by atoms with Crippen LogP contribution in [-0.4, -0.2) is 79.7 Å². The molecule has 0 aromatic heterocycles. The van der Waals surface area contributed by atoms with Gasteiger partial charge in [0.15, 0.2) is 6.04 Å². The molecule has 35 heavy (non-hydrogen) atoms. The molecular weight excluding hydrogens is 446 g/mol. The monoisotopic (exact) mass is 502 g/mol. The Morgan fingerprint density at radius 1 is 0.743 bits per heavy atom. The van der Waals surface area contributed by atoms with Gasteiger partial charge in [0, 0.05) is 12.8 Å². The van der Waals surface area contributed by atoms with E-state index in [0.717, 1.165) is 19.3 Å². The minimum atomic E-state index is -0.896. The summed E-state index contributed by atoms with van der Waals surface area (Å²) in [6, 6.07) is -0.570. The first-order chi connectivity index (χ1) is 16.7. The number of carboxylic acids is 1. The van der Waals surface area contributed by atoms with Crippen molar-refractivity contribution in [2.75, 3.05) is 41.0 Å². The van der Waals surface area contributed by atoms with Gasteiger partial charge in [-0.05, 0) is 6.42 Å². The van der Waals surface area contributed by atoms with Crippen molar-refractivity contribution >= 4 is 11.9 Å². The van der Waals surface area contributed by atoms with Gasteiger partial charge in [-0.1, -0.05) is 96.8 Å². The number of ether oxygens (including phenoxy) is 2. The molecule has 0 rings (SSSR count). The molecule has 0 aliphatic carbocycles. The first-order valence-corrected chi connectivity index (χ1v) is 14.1. The Kier molecular flexibility index (Phi) is 21.3. The maximum atomic E-state index is 11.8. The van der Waals surface area contributed by atoms with Crippen LogP contribution in [0.15, 0.2) is 0 Å². The highest BCUT2D eigenvalue weighted by Crippen LogP contribution is 2.14. The average molecular weight is 503 g/mol. The van der Waals surface area contributed by atoms with E-state index in [1.807, 2.05) is 21.1 Å². The highest BCUT2D eigenvalue weighted by molar-refractivity contribution is 5.72. The molecule has 2 N–H and O–H groups in total. The minimum Gasteiger partial charge on any atom is -0.477 e. The van der Waals surface area contributed by atoms with E-state index in [1.54, 1.807) is 0 Å². The molecule has 0 bridgehead atoms. The Bertz CT molecular complexity index is 520. The van der Waals surface area contributed by atoms with E-state index in [9.17, 15) is 19.8 Å². The fourth-order valence-corrected chi connectivity index (χ4v) is 4.21. The molecule has 0 amide bonds. The molecule has 0 fully saturated rings. The quantitative estimate of drug-likeness (QED) is 0.0942. The number of hydrogen-bond acceptors (Lipinski definition) is 5. The molecule has 0 spiro atoms. The van der Waals surface area contributed by atoms with Gasteiger partial charge < -0.3 is 24.2 Å². The molecule has 0 aliphatic rings. The van der Waals surface area contributed by atoms with Gasteiger partial charge in [0.25, 0.3) is 0 Å². The summed E-state index contributed by atoms with van der Waals surface area (Å²) in [6.07, 6.45) is 19.1. The maximum Gasteiger partial charge on any atom is 0.362 e. The minimum absolute atomic E-state index is 0.0235. The predicted molar refractivity (Wildman–Crippen MR) is 141 cm³/mol. The number of esters is 1. The number of likely N-dealkylation sites (N-methyl/N-ethyl adjacent to an activating group) is 1. The van der Waals surface area contributed by atoms with Crippen LogP contribution in [0.3, 0.4) is 0 Å². The van der Waals surface area contributed by atoms with Gasteiger partial charge in [-0.25, -0.2) is 4.79 Å². The second kappa shape index (κ2) is 22.1. The summed E-state index contributed by atoms with van der Waals surface area (Å²) in [5.41, 5.74) is 0. The molecule has 0 aromatic carbocycles. The van der Waals surface area contributed by atoms with Gasteiger partial charge in [-0.2, -0.15) is 0 Å². The van der Waals surface area contributed by atoms with Crippen molar-refractivity contribution in [1.29, 1.82) is 0 Å². The lowest BCUT2D eigenvalue weighted by atomic mass is 10.0. The largest absolute Gasteiger partial charge is 0.477 e. The Morgan fingerprint density at radius 2 is 1.20 bits per heavy atom. The van der Waals surface area contributed by atoms with Crippen LogP contribution in [0.4, 0.5) is 0 Å². The van der Waals surface area contributed by atoms with Crippen LogP contribution in [-0.2, 0) is 19.1 Å². The zero-order valence-corrected chi connectivity index (χ0v) is 23.3. The van der Waals surface area contributed by atoms with Crippen LogP contribution >= 0.6 is 0 Å². The summed E-state index contributed by atoms with van der Waals surface area (Å²) in [7, 11) is 5.48. The highest BCUT2D eigenvalue weighted by Gasteiger charge is 2.30. The standard InChI is InChI=1S/C28H55NO6/c1-5-6-7-8-9-10-11-12-13-14-15-16-17-18-19-20-27(31)35-24-25(30)23-34-22-21-26(28(32)33)29(2,3)4/h25-26,30H,5-24H2,1-4H3/p+1/t25-,26?/m0/s1. The molecule has 0 saturated heterocycles. The van der Waals surface area contributed by atoms with E-state index >= 15 is 0 Å². The molecule has 208 valence electrons. The smallest absolute Gasteiger partial charge is 0.362 e. The fraction of sp³-hybridized carbons (Fsp3) is 0.929. The van der Waals surface area contributed by atoms with Crippen molar-refractivity contribution in [1.82, 2.24) is 0 Å². The summed E-state index contributed by atoms with van der Waals surface area (Å²) < 4.78 is 10.8. The normalized spacial score (nSPS) is 13.5. The first kappa shape index (κ1) is 33.8. The number of carbonyl (C=O) groups is 2. The van der Waals surface area contributed by atoms with Crippen molar-refractivity contribution in [3.05, 3.63) is 0 Å². The number of quaternary nitrogens is 1. The number of hydrogen-bond donors (Lipinski definition) is 2. The lowest BCUT2D eigenvalue weighted by Gasteiger charge is -2.31. The molecule has 0 saturated carbocycles. The van der Waals surface area contributed by atoms with Crippen molar-refractivity contribution in [3.8, 4) is 0 Å². The van der Waals surface area contributed by atoms with E-state index < -0.39 is 18.1 Å². The first-order valence-electron chi connectivity index (χ1n) is 14.1. The van der Waals surface area contributed by atoms with Gasteiger partial charge in [0.05, 0.1) is 34.4 Å². The number of carbonyl (C=O) groups excluding carboxylic acids is 1. The molecule has 0 aromatic rings. The third kappa shape index (κ3) is 21.8. The van der Waals surface area contributed by atoms with E-state index in [4.69, 9.17) is 9.47 Å². The fourth-order valence-electron chi connectivity index (χ4n) is 4.21. The second-order valence-corrected chi connectivity index (χ2v) is 10.9. The topological polar surface area (TPSA) is 93.1 Å². The number of rotatable bonds is 25. The lowest BCUT2D eigenvalue weighted by molar-refractivity contribution is -0.887. The van der Waals surface area contributed by atoms with Crippen molar-refractivity contribution in [3.63, 3.8) is 0 Å². The summed E-state index contributed by atoms with van der Waals surface area (Å²) in [6.45, 7) is 2.43. The Morgan fingerprint density at radius 3 is 1.63 bits per heavy atom. The highest BCUT2D eigenvalue weighted by atomic mass is 16.5. The van der Waals surface area contributed by atoms with E-state index in [2.05, 4.69) is 6.92 Å². The van der Waals surface area contributed by atoms with Gasteiger partial charge >= 0.3 is 11.9 Å². The summed E-state index contributed by atoms with van der Waals surface area (Å²) in [5, 5.41) is 19.2. The zero-order valence-electron chi connectivity index (χ0n) is 23.3. The van der Waals surface area contributed by atoms with Gasteiger partial charge in [-0.15, -0.1) is 0 Å². The SMILES string of the molecule is CCCCCCCCCCCCCCCCCC(=O)OC[C@@H](O)COCCC(C(=O)O)[N+](C)(C)C.